The molecule has 21 heavy (non-hydrogen) atoms. The first-order chi connectivity index (χ1) is 9.93. The third-order valence-electron chi connectivity index (χ3n) is 3.25. The number of aliphatic carboxylic acids is 1. The predicted octanol–water partition coefficient (Wildman–Crippen LogP) is 0.922. The molecule has 0 radical (unpaired) electrons. The van der Waals surface area contributed by atoms with Crippen LogP contribution in [0, 0.1) is 0 Å². The SMILES string of the molecule is CCCCCC(=O)N(CC)[C@@H](CCCN=C(N)N)C(=O)O. The summed E-state index contributed by atoms with van der Waals surface area (Å²) in [5.41, 5.74) is 10.4. The molecule has 0 saturated heterocycles. The number of unbranched alkanes of at least 4 members (excludes halogenated alkanes) is 2. The zero-order valence-electron chi connectivity index (χ0n) is 13.0. The molecule has 0 bridgehead atoms. The molecule has 0 aromatic carbocycles. The second-order valence-corrected chi connectivity index (χ2v) is 4.94. The lowest BCUT2D eigenvalue weighted by molar-refractivity contribution is -0.150. The normalized spacial score (nSPS) is 11.7. The molecular formula is C14H28N4O3. The number of hydrogen-bond donors (Lipinski definition) is 3. The number of carbonyl (C=O) groups is 2. The molecule has 0 rings (SSSR count). The van der Waals surface area contributed by atoms with Gasteiger partial charge in [-0.15, -0.1) is 0 Å². The fourth-order valence-corrected chi connectivity index (χ4v) is 2.15. The Bertz CT molecular complexity index is 354. The van der Waals surface area contributed by atoms with Crippen LogP contribution in [0.25, 0.3) is 0 Å². The topological polar surface area (TPSA) is 122 Å². The molecule has 1 atom stereocenters. The van der Waals surface area contributed by atoms with Crippen molar-refractivity contribution in [3.63, 3.8) is 0 Å². The van der Waals surface area contributed by atoms with E-state index in [0.717, 1.165) is 19.3 Å². The highest BCUT2D eigenvalue weighted by Crippen LogP contribution is 2.12. The van der Waals surface area contributed by atoms with Gasteiger partial charge >= 0.3 is 5.97 Å². The maximum absolute atomic E-state index is 12.1. The smallest absolute Gasteiger partial charge is 0.326 e. The largest absolute Gasteiger partial charge is 0.480 e. The quantitative estimate of drug-likeness (QED) is 0.297. The first-order valence-corrected chi connectivity index (χ1v) is 7.51. The van der Waals surface area contributed by atoms with E-state index in [1.54, 1.807) is 6.92 Å². The van der Waals surface area contributed by atoms with E-state index < -0.39 is 12.0 Å². The molecule has 0 aliphatic heterocycles. The molecule has 0 fully saturated rings. The van der Waals surface area contributed by atoms with Crippen LogP contribution >= 0.6 is 0 Å². The monoisotopic (exact) mass is 300 g/mol. The van der Waals surface area contributed by atoms with Crippen molar-refractivity contribution in [3.05, 3.63) is 0 Å². The lowest BCUT2D eigenvalue weighted by Crippen LogP contribution is -2.45. The minimum Gasteiger partial charge on any atom is -0.480 e. The van der Waals surface area contributed by atoms with Crippen molar-refractivity contribution in [2.45, 2.75) is 58.4 Å². The molecule has 7 heteroatoms. The number of aliphatic imine (C=N–C) groups is 1. The van der Waals surface area contributed by atoms with Crippen LogP contribution in [0.3, 0.4) is 0 Å². The van der Waals surface area contributed by atoms with Crippen LogP contribution in [0.15, 0.2) is 4.99 Å². The van der Waals surface area contributed by atoms with Crippen molar-refractivity contribution < 1.29 is 14.7 Å². The van der Waals surface area contributed by atoms with Gasteiger partial charge in [-0.3, -0.25) is 9.79 Å². The van der Waals surface area contributed by atoms with Crippen LogP contribution in [0.5, 0.6) is 0 Å². The van der Waals surface area contributed by atoms with Gasteiger partial charge in [0, 0.05) is 19.5 Å². The van der Waals surface area contributed by atoms with Crippen molar-refractivity contribution in [1.82, 2.24) is 4.90 Å². The van der Waals surface area contributed by atoms with Gasteiger partial charge in [-0.1, -0.05) is 19.8 Å². The Morgan fingerprint density at radius 3 is 2.33 bits per heavy atom. The summed E-state index contributed by atoms with van der Waals surface area (Å²) in [4.78, 5) is 28.8. The van der Waals surface area contributed by atoms with Gasteiger partial charge in [0.05, 0.1) is 0 Å². The molecule has 0 aromatic rings. The first kappa shape index (κ1) is 19.2. The predicted molar refractivity (Wildman–Crippen MR) is 82.9 cm³/mol. The summed E-state index contributed by atoms with van der Waals surface area (Å²) in [6.45, 7) is 4.62. The van der Waals surface area contributed by atoms with E-state index in [0.29, 0.717) is 32.4 Å². The zero-order valence-corrected chi connectivity index (χ0v) is 13.0. The molecular weight excluding hydrogens is 272 g/mol. The number of amides is 1. The third kappa shape index (κ3) is 8.16. The Hall–Kier alpha value is -1.79. The van der Waals surface area contributed by atoms with Gasteiger partial charge in [0.2, 0.25) is 5.91 Å². The van der Waals surface area contributed by atoms with E-state index in [1.807, 2.05) is 0 Å². The van der Waals surface area contributed by atoms with E-state index >= 15 is 0 Å². The van der Waals surface area contributed by atoms with Gasteiger partial charge in [-0.05, 0) is 26.2 Å². The molecule has 5 N–H and O–H groups in total. The summed E-state index contributed by atoms with van der Waals surface area (Å²) in [7, 11) is 0. The summed E-state index contributed by atoms with van der Waals surface area (Å²) in [5, 5.41) is 9.32. The van der Waals surface area contributed by atoms with Crippen LogP contribution < -0.4 is 11.5 Å². The van der Waals surface area contributed by atoms with Crippen LogP contribution in [0.1, 0.15) is 52.4 Å². The van der Waals surface area contributed by atoms with Crippen molar-refractivity contribution >= 4 is 17.8 Å². The van der Waals surface area contributed by atoms with E-state index in [-0.39, 0.29) is 11.9 Å². The molecule has 1 amide bonds. The Kier molecular flexibility index (Phi) is 10.0. The summed E-state index contributed by atoms with van der Waals surface area (Å²) < 4.78 is 0. The number of nitrogens with two attached hydrogens (primary N) is 2. The number of rotatable bonds is 11. The maximum Gasteiger partial charge on any atom is 0.326 e. The number of likely N-dealkylation sites (N-methyl/N-ethyl adjacent to an activating group) is 1. The highest BCUT2D eigenvalue weighted by atomic mass is 16.4. The third-order valence-corrected chi connectivity index (χ3v) is 3.25. The Morgan fingerprint density at radius 2 is 1.86 bits per heavy atom. The molecule has 0 aliphatic carbocycles. The molecule has 0 unspecified atom stereocenters. The number of carboxylic acid groups (broad SMARTS) is 1. The Morgan fingerprint density at radius 1 is 1.19 bits per heavy atom. The van der Waals surface area contributed by atoms with Gasteiger partial charge in [-0.25, -0.2) is 4.79 Å². The van der Waals surface area contributed by atoms with Crippen LogP contribution in [0.2, 0.25) is 0 Å². The number of carbonyl (C=O) groups excluding carboxylic acids is 1. The highest BCUT2D eigenvalue weighted by Gasteiger charge is 2.27. The lowest BCUT2D eigenvalue weighted by Gasteiger charge is -2.28. The molecule has 0 heterocycles. The molecule has 0 saturated carbocycles. The number of guanidine groups is 1. The number of hydrogen-bond acceptors (Lipinski definition) is 3. The summed E-state index contributed by atoms with van der Waals surface area (Å²) in [6.07, 6.45) is 4.07. The second-order valence-electron chi connectivity index (χ2n) is 4.94. The summed E-state index contributed by atoms with van der Waals surface area (Å²) >= 11 is 0. The average Bonchev–Trinajstić information content (AvgIpc) is 2.41. The van der Waals surface area contributed by atoms with Gasteiger partial charge in [-0.2, -0.15) is 0 Å². The summed E-state index contributed by atoms with van der Waals surface area (Å²) in [6, 6.07) is -0.807. The van der Waals surface area contributed by atoms with Gasteiger partial charge in [0.15, 0.2) is 5.96 Å². The molecule has 0 spiro atoms. The minimum atomic E-state index is -0.981. The van der Waals surface area contributed by atoms with E-state index in [2.05, 4.69) is 11.9 Å². The van der Waals surface area contributed by atoms with Crippen LogP contribution in [0.4, 0.5) is 0 Å². The number of carboxylic acids is 1. The van der Waals surface area contributed by atoms with Gasteiger partial charge in [0.25, 0.3) is 0 Å². The van der Waals surface area contributed by atoms with Crippen LogP contribution in [-0.4, -0.2) is 47.0 Å². The maximum atomic E-state index is 12.1. The molecule has 122 valence electrons. The highest BCUT2D eigenvalue weighted by molar-refractivity contribution is 5.83. The van der Waals surface area contributed by atoms with Gasteiger partial charge in [0.1, 0.15) is 6.04 Å². The molecule has 0 aromatic heterocycles. The second kappa shape index (κ2) is 10.9. The summed E-state index contributed by atoms with van der Waals surface area (Å²) in [5.74, 6) is -1.09. The van der Waals surface area contributed by atoms with E-state index in [4.69, 9.17) is 11.5 Å². The standard InChI is InChI=1S/C14H28N4O3/c1-3-5-6-9-12(19)18(4-2)11(13(20)21)8-7-10-17-14(15)16/h11H,3-10H2,1-2H3,(H,20,21)(H4,15,16,17)/t11-/m0/s1. The molecule has 7 nitrogen and oxygen atoms in total. The fourth-order valence-electron chi connectivity index (χ4n) is 2.15. The van der Waals surface area contributed by atoms with Crippen molar-refractivity contribution in [1.29, 1.82) is 0 Å². The fraction of sp³-hybridized carbons (Fsp3) is 0.786. The first-order valence-electron chi connectivity index (χ1n) is 7.51. The Labute approximate surface area is 126 Å². The zero-order chi connectivity index (χ0) is 16.3. The van der Waals surface area contributed by atoms with Crippen molar-refractivity contribution in [3.8, 4) is 0 Å². The van der Waals surface area contributed by atoms with Crippen LogP contribution in [-0.2, 0) is 9.59 Å². The molecule has 0 aliphatic rings. The van der Waals surface area contributed by atoms with Crippen molar-refractivity contribution in [2.75, 3.05) is 13.1 Å². The lowest BCUT2D eigenvalue weighted by atomic mass is 10.1. The minimum absolute atomic E-state index is 0.00938. The van der Waals surface area contributed by atoms with Gasteiger partial charge < -0.3 is 21.5 Å². The average molecular weight is 300 g/mol. The van der Waals surface area contributed by atoms with Crippen molar-refractivity contribution in [2.24, 2.45) is 16.5 Å². The number of nitrogens with zero attached hydrogens (tertiary/aromatic N) is 2. The van der Waals surface area contributed by atoms with E-state index in [1.165, 1.54) is 4.90 Å². The van der Waals surface area contributed by atoms with E-state index in [9.17, 15) is 14.7 Å². The Balaban J connectivity index is 4.53.